The third-order valence-electron chi connectivity index (χ3n) is 2.60. The van der Waals surface area contributed by atoms with Crippen LogP contribution in [0.25, 0.3) is 0 Å². The Morgan fingerprint density at radius 3 is 1.86 bits per heavy atom. The maximum absolute atomic E-state index is 12.0. The van der Waals surface area contributed by atoms with Crippen LogP contribution in [-0.4, -0.2) is 56.7 Å². The van der Waals surface area contributed by atoms with Crippen molar-refractivity contribution in [3.05, 3.63) is 27.3 Å². The lowest BCUT2D eigenvalue weighted by molar-refractivity contribution is -0.387. The number of nitro benzene ring substituents is 1. The summed E-state index contributed by atoms with van der Waals surface area (Å²) in [6.07, 6.45) is 0. The quantitative estimate of drug-likeness (QED) is 0.491. The molecule has 0 saturated carbocycles. The number of halogens is 1. The van der Waals surface area contributed by atoms with Gasteiger partial charge in [-0.2, -0.15) is 0 Å². The molecule has 0 spiro atoms. The predicted octanol–water partition coefficient (Wildman–Crippen LogP) is -0.220. The Bertz CT molecular complexity index is 787. The summed E-state index contributed by atoms with van der Waals surface area (Å²) < 4.78 is 47.7. The highest BCUT2D eigenvalue weighted by atomic mass is 35.5. The number of sulfone groups is 2. The van der Waals surface area contributed by atoms with Crippen LogP contribution in [0.15, 0.2) is 21.9 Å². The van der Waals surface area contributed by atoms with Crippen molar-refractivity contribution in [2.24, 2.45) is 0 Å². The molecular formula is C10H12ClNO8S2. The van der Waals surface area contributed by atoms with Crippen molar-refractivity contribution in [1.82, 2.24) is 0 Å². The van der Waals surface area contributed by atoms with Gasteiger partial charge in [0.2, 0.25) is 0 Å². The van der Waals surface area contributed by atoms with Crippen molar-refractivity contribution in [2.75, 3.05) is 24.7 Å². The summed E-state index contributed by atoms with van der Waals surface area (Å²) in [5.41, 5.74) is -0.888. The molecule has 1 aromatic carbocycles. The Labute approximate surface area is 131 Å². The van der Waals surface area contributed by atoms with Gasteiger partial charge in [0.15, 0.2) is 19.7 Å². The molecule has 1 aromatic rings. The molecule has 0 aliphatic rings. The Morgan fingerprint density at radius 2 is 1.45 bits per heavy atom. The monoisotopic (exact) mass is 373 g/mol. The summed E-state index contributed by atoms with van der Waals surface area (Å²) >= 11 is 5.68. The minimum atomic E-state index is -4.28. The van der Waals surface area contributed by atoms with Gasteiger partial charge >= 0.3 is 0 Å². The van der Waals surface area contributed by atoms with Crippen molar-refractivity contribution in [1.29, 1.82) is 0 Å². The number of rotatable bonds is 7. The third kappa shape index (κ3) is 3.93. The lowest BCUT2D eigenvalue weighted by Gasteiger charge is -2.09. The molecule has 0 fully saturated rings. The number of aliphatic hydroxyl groups is 2. The molecule has 0 aliphatic carbocycles. The zero-order valence-electron chi connectivity index (χ0n) is 11.0. The smallest absolute Gasteiger partial charge is 0.289 e. The van der Waals surface area contributed by atoms with Gasteiger partial charge in [-0.3, -0.25) is 10.1 Å². The van der Waals surface area contributed by atoms with Crippen molar-refractivity contribution >= 4 is 37.0 Å². The van der Waals surface area contributed by atoms with Crippen LogP contribution in [0.5, 0.6) is 0 Å². The van der Waals surface area contributed by atoms with E-state index in [4.69, 9.17) is 21.8 Å². The van der Waals surface area contributed by atoms with Gasteiger partial charge in [0.05, 0.1) is 39.6 Å². The van der Waals surface area contributed by atoms with Crippen LogP contribution in [0, 0.1) is 10.1 Å². The van der Waals surface area contributed by atoms with Gasteiger partial charge in [-0.05, 0) is 6.07 Å². The van der Waals surface area contributed by atoms with E-state index in [1.807, 2.05) is 0 Å². The minimum Gasteiger partial charge on any atom is -0.395 e. The first-order chi connectivity index (χ1) is 10.1. The average molecular weight is 374 g/mol. The van der Waals surface area contributed by atoms with Gasteiger partial charge in [0.1, 0.15) is 4.90 Å². The van der Waals surface area contributed by atoms with E-state index < -0.39 is 69.8 Å². The van der Waals surface area contributed by atoms with E-state index >= 15 is 0 Å². The molecule has 1 rings (SSSR count). The summed E-state index contributed by atoms with van der Waals surface area (Å²) in [6.45, 7) is -1.52. The SMILES string of the molecule is O=[N+]([O-])c1cc(Cl)c(S(=O)(=O)CCO)cc1S(=O)(=O)CCO. The molecule has 0 amide bonds. The highest BCUT2D eigenvalue weighted by Crippen LogP contribution is 2.33. The average Bonchev–Trinajstić information content (AvgIpc) is 2.37. The second-order valence-corrected chi connectivity index (χ2v) is 8.65. The molecule has 124 valence electrons. The minimum absolute atomic E-state index is 0.525. The predicted molar refractivity (Wildman–Crippen MR) is 76.4 cm³/mol. The molecule has 22 heavy (non-hydrogen) atoms. The summed E-state index contributed by atoms with van der Waals surface area (Å²) in [5, 5.41) is 27.9. The fraction of sp³-hybridized carbons (Fsp3) is 0.400. The largest absolute Gasteiger partial charge is 0.395 e. The van der Waals surface area contributed by atoms with Crippen molar-refractivity contribution in [2.45, 2.75) is 9.79 Å². The number of nitro groups is 1. The molecule has 9 nitrogen and oxygen atoms in total. The Balaban J connectivity index is 3.72. The van der Waals surface area contributed by atoms with Crippen molar-refractivity contribution < 1.29 is 32.0 Å². The Kier molecular flexibility index (Phi) is 5.87. The van der Waals surface area contributed by atoms with Gasteiger partial charge in [0.25, 0.3) is 5.69 Å². The molecule has 0 unspecified atom stereocenters. The molecule has 0 heterocycles. The van der Waals surface area contributed by atoms with Gasteiger partial charge in [-0.1, -0.05) is 11.6 Å². The first-order valence-electron chi connectivity index (χ1n) is 5.72. The normalized spacial score (nSPS) is 12.3. The zero-order chi connectivity index (χ0) is 17.1. The van der Waals surface area contributed by atoms with E-state index in [1.165, 1.54) is 0 Å². The van der Waals surface area contributed by atoms with Crippen molar-refractivity contribution in [3.8, 4) is 0 Å². The summed E-state index contributed by atoms with van der Waals surface area (Å²) in [4.78, 5) is 8.44. The molecule has 12 heteroatoms. The summed E-state index contributed by atoms with van der Waals surface area (Å²) in [7, 11) is -8.39. The maximum atomic E-state index is 12.0. The van der Waals surface area contributed by atoms with E-state index in [2.05, 4.69) is 0 Å². The molecular weight excluding hydrogens is 362 g/mol. The third-order valence-corrected chi connectivity index (χ3v) is 6.47. The van der Waals surface area contributed by atoms with Crippen molar-refractivity contribution in [3.63, 3.8) is 0 Å². The first-order valence-corrected chi connectivity index (χ1v) is 9.40. The highest BCUT2D eigenvalue weighted by Gasteiger charge is 2.30. The molecule has 0 aromatic heterocycles. The fourth-order valence-corrected chi connectivity index (χ4v) is 4.52. The molecule has 0 bridgehead atoms. The van der Waals surface area contributed by atoms with E-state index in [0.29, 0.717) is 12.1 Å². The topological polar surface area (TPSA) is 152 Å². The molecule has 2 N–H and O–H groups in total. The van der Waals surface area contributed by atoms with E-state index in [0.717, 1.165) is 0 Å². The van der Waals surface area contributed by atoms with Crippen LogP contribution in [0.4, 0.5) is 5.69 Å². The fourth-order valence-electron chi connectivity index (χ4n) is 1.61. The number of benzene rings is 1. The first kappa shape index (κ1) is 18.8. The molecule has 0 saturated heterocycles. The lowest BCUT2D eigenvalue weighted by Crippen LogP contribution is -2.15. The summed E-state index contributed by atoms with van der Waals surface area (Å²) in [6, 6.07) is 1.20. The highest BCUT2D eigenvalue weighted by molar-refractivity contribution is 7.92. The lowest BCUT2D eigenvalue weighted by atomic mass is 10.3. The van der Waals surface area contributed by atoms with Gasteiger partial charge in [0, 0.05) is 6.07 Å². The van der Waals surface area contributed by atoms with Crippen LogP contribution in [0.1, 0.15) is 0 Å². The molecule has 0 radical (unpaired) electrons. The maximum Gasteiger partial charge on any atom is 0.289 e. The van der Waals surface area contributed by atoms with Crippen LogP contribution in [0.2, 0.25) is 5.02 Å². The zero-order valence-corrected chi connectivity index (χ0v) is 13.4. The van der Waals surface area contributed by atoms with Gasteiger partial charge < -0.3 is 10.2 Å². The van der Waals surface area contributed by atoms with Crippen LogP contribution >= 0.6 is 11.6 Å². The molecule has 0 atom stereocenters. The van der Waals surface area contributed by atoms with Gasteiger partial charge in [-0.25, -0.2) is 16.8 Å². The van der Waals surface area contributed by atoms with Crippen LogP contribution in [-0.2, 0) is 19.7 Å². The van der Waals surface area contributed by atoms with Crippen LogP contribution in [0.3, 0.4) is 0 Å². The summed E-state index contributed by atoms with van der Waals surface area (Å²) in [5.74, 6) is -1.53. The Hall–Kier alpha value is -1.27. The number of aliphatic hydroxyl groups excluding tert-OH is 2. The number of hydrogen-bond donors (Lipinski definition) is 2. The van der Waals surface area contributed by atoms with E-state index in [9.17, 15) is 26.9 Å². The second kappa shape index (κ2) is 6.87. The second-order valence-electron chi connectivity index (χ2n) is 4.09. The number of nitrogens with zero attached hydrogens (tertiary/aromatic N) is 1. The number of hydrogen-bond acceptors (Lipinski definition) is 8. The van der Waals surface area contributed by atoms with Gasteiger partial charge in [-0.15, -0.1) is 0 Å². The van der Waals surface area contributed by atoms with E-state index in [-0.39, 0.29) is 0 Å². The standard InChI is InChI=1S/C10H12ClNO8S2/c11-7-5-8(12(15)16)10(22(19,20)4-2-14)6-9(7)21(17,18)3-1-13/h5-6,13-14H,1-4H2. The van der Waals surface area contributed by atoms with Crippen LogP contribution < -0.4 is 0 Å². The Morgan fingerprint density at radius 1 is 1.00 bits per heavy atom. The molecule has 0 aliphatic heterocycles. The van der Waals surface area contributed by atoms with E-state index in [1.54, 1.807) is 0 Å².